The lowest BCUT2D eigenvalue weighted by molar-refractivity contribution is -0.138. The summed E-state index contributed by atoms with van der Waals surface area (Å²) in [6.45, 7) is 4.99. The van der Waals surface area contributed by atoms with Gasteiger partial charge in [0.25, 0.3) is 0 Å². The van der Waals surface area contributed by atoms with Gasteiger partial charge in [0.15, 0.2) is 0 Å². The van der Waals surface area contributed by atoms with Crippen LogP contribution in [-0.2, 0) is 14.3 Å². The Morgan fingerprint density at radius 1 is 1.03 bits per heavy atom. The van der Waals surface area contributed by atoms with Crippen LogP contribution < -0.4 is 5.32 Å². The number of benzene rings is 2. The molecule has 1 unspecified atom stereocenters. The van der Waals surface area contributed by atoms with Crippen LogP contribution in [-0.4, -0.2) is 53.7 Å². The number of aliphatic carboxylic acids is 1. The van der Waals surface area contributed by atoms with Gasteiger partial charge in [-0.1, -0.05) is 61.9 Å². The first-order valence-electron chi connectivity index (χ1n) is 12.1. The largest absolute Gasteiger partial charge is 0.481 e. The molecule has 0 heterocycles. The average Bonchev–Trinajstić information content (AvgIpc) is 3.14. The van der Waals surface area contributed by atoms with E-state index in [0.29, 0.717) is 25.9 Å². The van der Waals surface area contributed by atoms with Gasteiger partial charge in [0, 0.05) is 37.9 Å². The summed E-state index contributed by atoms with van der Waals surface area (Å²) >= 11 is 0. The van der Waals surface area contributed by atoms with Crippen molar-refractivity contribution in [3.05, 3.63) is 59.7 Å². The van der Waals surface area contributed by atoms with Crippen LogP contribution in [0.15, 0.2) is 48.5 Å². The maximum atomic E-state index is 12.7. The fourth-order valence-corrected chi connectivity index (χ4v) is 4.60. The molecule has 0 saturated carbocycles. The van der Waals surface area contributed by atoms with Gasteiger partial charge in [-0.3, -0.25) is 9.59 Å². The van der Waals surface area contributed by atoms with Gasteiger partial charge in [0.1, 0.15) is 6.61 Å². The fraction of sp³-hybridized carbons (Fsp3) is 0.444. The first-order chi connectivity index (χ1) is 16.4. The van der Waals surface area contributed by atoms with Gasteiger partial charge in [-0.25, -0.2) is 4.79 Å². The molecular weight excluding hydrogens is 432 g/mol. The van der Waals surface area contributed by atoms with E-state index in [1.165, 1.54) is 11.1 Å². The summed E-state index contributed by atoms with van der Waals surface area (Å²) in [7, 11) is 0. The van der Waals surface area contributed by atoms with E-state index in [4.69, 9.17) is 9.84 Å². The third-order valence-corrected chi connectivity index (χ3v) is 6.28. The summed E-state index contributed by atoms with van der Waals surface area (Å²) in [6.07, 6.45) is 1.55. The second-order valence-electron chi connectivity index (χ2n) is 8.63. The molecule has 182 valence electrons. The minimum atomic E-state index is -0.871. The van der Waals surface area contributed by atoms with E-state index in [9.17, 15) is 14.4 Å². The zero-order valence-electron chi connectivity index (χ0n) is 20.0. The highest BCUT2D eigenvalue weighted by atomic mass is 16.5. The highest BCUT2D eigenvalue weighted by Gasteiger charge is 2.29. The molecule has 0 saturated heterocycles. The van der Waals surface area contributed by atoms with Crippen molar-refractivity contribution in [1.29, 1.82) is 0 Å². The van der Waals surface area contributed by atoms with Gasteiger partial charge in [-0.15, -0.1) is 0 Å². The lowest BCUT2D eigenvalue weighted by Crippen LogP contribution is -2.41. The maximum absolute atomic E-state index is 12.7. The number of carboxylic acids is 1. The standard InChI is InChI=1S/C27H34N2O5/c1-3-10-19(17-25(30)29(4-2)16-9-15-26(31)32)28-27(33)34-18-24-22-13-7-5-11-20(22)21-12-6-8-14-23(21)24/h5-8,11-14,19,24H,3-4,9-10,15-18H2,1-2H3,(H,28,33)(H,31,32). The second kappa shape index (κ2) is 12.2. The minimum absolute atomic E-state index is 0.0192. The summed E-state index contributed by atoms with van der Waals surface area (Å²) in [5.41, 5.74) is 4.64. The molecule has 1 aliphatic rings. The average molecular weight is 467 g/mol. The highest BCUT2D eigenvalue weighted by molar-refractivity contribution is 5.79. The molecule has 0 fully saturated rings. The Hall–Kier alpha value is -3.35. The molecule has 0 aromatic heterocycles. The highest BCUT2D eigenvalue weighted by Crippen LogP contribution is 2.44. The van der Waals surface area contributed by atoms with Crippen LogP contribution in [0.25, 0.3) is 11.1 Å². The second-order valence-corrected chi connectivity index (χ2v) is 8.63. The van der Waals surface area contributed by atoms with Crippen molar-refractivity contribution in [2.45, 2.75) is 57.9 Å². The monoisotopic (exact) mass is 466 g/mol. The third kappa shape index (κ3) is 6.37. The number of hydrogen-bond acceptors (Lipinski definition) is 4. The van der Waals surface area contributed by atoms with E-state index in [0.717, 1.165) is 17.5 Å². The molecule has 1 aliphatic carbocycles. The van der Waals surface area contributed by atoms with Crippen molar-refractivity contribution >= 4 is 18.0 Å². The SMILES string of the molecule is CCCC(CC(=O)N(CC)CCCC(=O)O)NC(=O)OCC1c2ccccc2-c2ccccc21. The summed E-state index contributed by atoms with van der Waals surface area (Å²) in [5, 5.41) is 11.7. The zero-order valence-corrected chi connectivity index (χ0v) is 20.0. The molecule has 2 aromatic rings. The maximum Gasteiger partial charge on any atom is 0.407 e. The first-order valence-corrected chi connectivity index (χ1v) is 12.1. The molecule has 0 bridgehead atoms. The number of nitrogens with zero attached hydrogens (tertiary/aromatic N) is 1. The summed E-state index contributed by atoms with van der Waals surface area (Å²) in [5.74, 6) is -0.983. The van der Waals surface area contributed by atoms with Gasteiger partial charge in [-0.2, -0.15) is 0 Å². The number of carbonyl (C=O) groups excluding carboxylic acids is 2. The van der Waals surface area contributed by atoms with Crippen molar-refractivity contribution in [3.8, 4) is 11.1 Å². The van der Waals surface area contributed by atoms with Crippen LogP contribution in [0.5, 0.6) is 0 Å². The topological polar surface area (TPSA) is 95.9 Å². The minimum Gasteiger partial charge on any atom is -0.481 e. The molecule has 2 N–H and O–H groups in total. The predicted molar refractivity (Wildman–Crippen MR) is 131 cm³/mol. The van der Waals surface area contributed by atoms with E-state index in [1.807, 2.05) is 38.1 Å². The van der Waals surface area contributed by atoms with Crippen molar-refractivity contribution in [3.63, 3.8) is 0 Å². The normalized spacial score (nSPS) is 13.0. The quantitative estimate of drug-likeness (QED) is 0.469. The number of rotatable bonds is 12. The van der Waals surface area contributed by atoms with Gasteiger partial charge in [0.2, 0.25) is 5.91 Å². The van der Waals surface area contributed by atoms with Crippen LogP contribution >= 0.6 is 0 Å². The number of fused-ring (bicyclic) bond motifs is 3. The van der Waals surface area contributed by atoms with Crippen molar-refractivity contribution in [1.82, 2.24) is 10.2 Å². The van der Waals surface area contributed by atoms with E-state index >= 15 is 0 Å². The molecule has 2 amide bonds. The Balaban J connectivity index is 1.57. The molecule has 1 atom stereocenters. The molecule has 0 aliphatic heterocycles. The Morgan fingerprint density at radius 2 is 1.65 bits per heavy atom. The number of hydrogen-bond donors (Lipinski definition) is 2. The van der Waals surface area contributed by atoms with Crippen LogP contribution in [0, 0.1) is 0 Å². The summed E-state index contributed by atoms with van der Waals surface area (Å²) < 4.78 is 5.64. The van der Waals surface area contributed by atoms with Gasteiger partial charge < -0.3 is 20.1 Å². The predicted octanol–water partition coefficient (Wildman–Crippen LogP) is 4.80. The summed E-state index contributed by atoms with van der Waals surface area (Å²) in [4.78, 5) is 37.8. The van der Waals surface area contributed by atoms with Crippen LogP contribution in [0.4, 0.5) is 4.79 Å². The third-order valence-electron chi connectivity index (χ3n) is 6.28. The number of carboxylic acid groups (broad SMARTS) is 1. The number of nitrogens with one attached hydrogen (secondary N) is 1. The number of carbonyl (C=O) groups is 3. The number of amides is 2. The van der Waals surface area contributed by atoms with Crippen LogP contribution in [0.3, 0.4) is 0 Å². The molecule has 7 nitrogen and oxygen atoms in total. The van der Waals surface area contributed by atoms with Gasteiger partial charge in [0.05, 0.1) is 0 Å². The lowest BCUT2D eigenvalue weighted by atomic mass is 9.98. The fourth-order valence-electron chi connectivity index (χ4n) is 4.60. The van der Waals surface area contributed by atoms with Crippen LogP contribution in [0.1, 0.15) is 63.0 Å². The Labute approximate surface area is 201 Å². The molecular formula is C27H34N2O5. The van der Waals surface area contributed by atoms with Crippen molar-refractivity contribution in [2.24, 2.45) is 0 Å². The van der Waals surface area contributed by atoms with E-state index in [1.54, 1.807) is 4.90 Å². The summed E-state index contributed by atoms with van der Waals surface area (Å²) in [6, 6.07) is 16.0. The molecule has 34 heavy (non-hydrogen) atoms. The molecule has 7 heteroatoms. The first kappa shape index (κ1) is 25.3. The molecule has 0 radical (unpaired) electrons. The Kier molecular flexibility index (Phi) is 9.08. The van der Waals surface area contributed by atoms with Crippen molar-refractivity contribution in [2.75, 3.05) is 19.7 Å². The molecule has 3 rings (SSSR count). The Bertz CT molecular complexity index is 961. The number of alkyl carbamates (subject to hydrolysis) is 1. The molecule has 0 spiro atoms. The van der Waals surface area contributed by atoms with E-state index in [2.05, 4.69) is 29.6 Å². The van der Waals surface area contributed by atoms with E-state index in [-0.39, 0.29) is 37.3 Å². The smallest absolute Gasteiger partial charge is 0.407 e. The lowest BCUT2D eigenvalue weighted by Gasteiger charge is -2.24. The van der Waals surface area contributed by atoms with Gasteiger partial charge in [-0.05, 0) is 42.0 Å². The number of ether oxygens (including phenoxy) is 1. The van der Waals surface area contributed by atoms with Gasteiger partial charge >= 0.3 is 12.1 Å². The molecule has 2 aromatic carbocycles. The Morgan fingerprint density at radius 3 is 2.21 bits per heavy atom. The van der Waals surface area contributed by atoms with E-state index < -0.39 is 12.1 Å². The van der Waals surface area contributed by atoms with Crippen LogP contribution in [0.2, 0.25) is 0 Å². The van der Waals surface area contributed by atoms with Crippen molar-refractivity contribution < 1.29 is 24.2 Å². The zero-order chi connectivity index (χ0) is 24.5.